The van der Waals surface area contributed by atoms with E-state index in [1.165, 1.54) is 6.07 Å². The number of nitrogens with one attached hydrogen (secondary N) is 1. The molecule has 1 aromatic carbocycles. The molecule has 0 amide bonds. The van der Waals surface area contributed by atoms with Crippen LogP contribution in [0.15, 0.2) is 24.3 Å². The van der Waals surface area contributed by atoms with Gasteiger partial charge in [0, 0.05) is 10.9 Å². The average molecular weight is 408 g/mol. The van der Waals surface area contributed by atoms with Crippen molar-refractivity contribution in [3.63, 3.8) is 0 Å². The van der Waals surface area contributed by atoms with Gasteiger partial charge in [-0.1, -0.05) is 38.8 Å². The molecule has 1 unspecified atom stereocenters. The number of benzene rings is 1. The highest BCUT2D eigenvalue weighted by Crippen LogP contribution is 2.38. The molecule has 1 atom stereocenters. The van der Waals surface area contributed by atoms with Crippen LogP contribution in [0.1, 0.15) is 56.2 Å². The van der Waals surface area contributed by atoms with Crippen LogP contribution in [-0.4, -0.2) is 16.6 Å². The lowest BCUT2D eigenvalue weighted by atomic mass is 9.99. The molecule has 0 saturated carbocycles. The molecule has 9 heteroatoms. The number of para-hydroxylation sites is 1. The van der Waals surface area contributed by atoms with E-state index in [0.29, 0.717) is 31.0 Å². The van der Waals surface area contributed by atoms with Gasteiger partial charge in [0.05, 0.1) is 11.1 Å². The van der Waals surface area contributed by atoms with Gasteiger partial charge in [-0.25, -0.2) is 4.98 Å². The number of aliphatic hydroxyl groups excluding tert-OH is 1. The molecule has 2 rings (SSSR count). The molecule has 28 heavy (non-hydrogen) atoms. The van der Waals surface area contributed by atoms with Crippen molar-refractivity contribution >= 4 is 10.9 Å². The van der Waals surface area contributed by atoms with Crippen LogP contribution in [0.4, 0.5) is 26.3 Å². The highest BCUT2D eigenvalue weighted by Gasteiger charge is 2.37. The molecule has 0 fully saturated rings. The molecule has 0 saturated heterocycles. The van der Waals surface area contributed by atoms with Gasteiger partial charge in [-0.05, 0) is 31.0 Å². The maximum atomic E-state index is 13.2. The quantitative estimate of drug-likeness (QED) is 0.458. The van der Waals surface area contributed by atoms with Gasteiger partial charge in [0.1, 0.15) is 11.9 Å². The molecule has 0 aliphatic heterocycles. The lowest BCUT2D eigenvalue weighted by molar-refractivity contribution is -0.142. The third kappa shape index (κ3) is 5.14. The van der Waals surface area contributed by atoms with Gasteiger partial charge in [0.2, 0.25) is 0 Å². The molecule has 156 valence electrons. The third-order valence-electron chi connectivity index (χ3n) is 4.81. The summed E-state index contributed by atoms with van der Waals surface area (Å²) in [6.07, 6.45) is -8.85. The summed E-state index contributed by atoms with van der Waals surface area (Å²) in [6.45, 7) is 4.34. The van der Waals surface area contributed by atoms with Crippen molar-refractivity contribution in [1.29, 1.82) is 0 Å². The number of aromatic nitrogens is 1. The first-order valence-corrected chi connectivity index (χ1v) is 8.98. The van der Waals surface area contributed by atoms with Crippen molar-refractivity contribution in [2.75, 3.05) is 6.54 Å². The minimum atomic E-state index is -4.95. The van der Waals surface area contributed by atoms with Crippen LogP contribution in [0.5, 0.6) is 0 Å². The van der Waals surface area contributed by atoms with E-state index in [2.05, 4.69) is 10.3 Å². The fourth-order valence-corrected chi connectivity index (χ4v) is 3.11. The minimum Gasteiger partial charge on any atom is -0.374 e. The Morgan fingerprint density at radius 1 is 1.04 bits per heavy atom. The maximum Gasteiger partial charge on any atom is 0.433 e. The largest absolute Gasteiger partial charge is 0.433 e. The van der Waals surface area contributed by atoms with Crippen LogP contribution < -0.4 is 5.32 Å². The molecule has 1 aromatic heterocycles. The Kier molecular flexibility index (Phi) is 6.93. The Hall–Kier alpha value is -1.87. The molecular weight excluding hydrogens is 386 g/mol. The summed E-state index contributed by atoms with van der Waals surface area (Å²) in [6, 6.07) is 3.57. The monoisotopic (exact) mass is 408 g/mol. The topological polar surface area (TPSA) is 45.1 Å². The minimum absolute atomic E-state index is 0.176. The SMILES string of the molecule is CCC(CC)CCNC(O)c1cc(C(F)(F)F)nc2c(C(F)(F)F)cccc12. The van der Waals surface area contributed by atoms with Crippen molar-refractivity contribution in [2.24, 2.45) is 5.92 Å². The van der Waals surface area contributed by atoms with E-state index in [-0.39, 0.29) is 10.9 Å². The first-order chi connectivity index (χ1) is 13.0. The van der Waals surface area contributed by atoms with E-state index < -0.39 is 35.4 Å². The first kappa shape index (κ1) is 22.4. The van der Waals surface area contributed by atoms with Gasteiger partial charge in [0.15, 0.2) is 0 Å². The van der Waals surface area contributed by atoms with E-state index in [4.69, 9.17) is 0 Å². The lowest BCUT2D eigenvalue weighted by Gasteiger charge is -2.20. The van der Waals surface area contributed by atoms with Crippen molar-refractivity contribution in [3.8, 4) is 0 Å². The number of hydrogen-bond acceptors (Lipinski definition) is 3. The Labute approximate surface area is 158 Å². The van der Waals surface area contributed by atoms with Crippen molar-refractivity contribution in [1.82, 2.24) is 10.3 Å². The summed E-state index contributed by atoms with van der Waals surface area (Å²) < 4.78 is 79.3. The molecule has 3 nitrogen and oxygen atoms in total. The Morgan fingerprint density at radius 3 is 2.21 bits per heavy atom. The first-order valence-electron chi connectivity index (χ1n) is 8.98. The average Bonchev–Trinajstić information content (AvgIpc) is 2.62. The molecule has 0 spiro atoms. The lowest BCUT2D eigenvalue weighted by Crippen LogP contribution is -2.25. The van der Waals surface area contributed by atoms with E-state index >= 15 is 0 Å². The summed E-state index contributed by atoms with van der Waals surface area (Å²) in [5, 5.41) is 12.9. The normalized spacial score (nSPS) is 14.1. The number of nitrogens with zero attached hydrogens (tertiary/aromatic N) is 1. The number of hydrogen-bond donors (Lipinski definition) is 2. The number of halogens is 6. The number of alkyl halides is 6. The zero-order valence-electron chi connectivity index (χ0n) is 15.5. The van der Waals surface area contributed by atoms with E-state index in [1.807, 2.05) is 13.8 Å². The fourth-order valence-electron chi connectivity index (χ4n) is 3.11. The molecule has 2 aromatic rings. The maximum absolute atomic E-state index is 13.2. The molecule has 0 aliphatic carbocycles. The van der Waals surface area contributed by atoms with Crippen LogP contribution in [0.25, 0.3) is 10.9 Å². The predicted molar refractivity (Wildman–Crippen MR) is 93.4 cm³/mol. The van der Waals surface area contributed by atoms with Gasteiger partial charge < -0.3 is 5.11 Å². The van der Waals surface area contributed by atoms with Crippen LogP contribution >= 0.6 is 0 Å². The van der Waals surface area contributed by atoms with Crippen LogP contribution in [0, 0.1) is 5.92 Å². The molecule has 2 N–H and O–H groups in total. The number of pyridine rings is 1. The second-order valence-corrected chi connectivity index (χ2v) is 6.62. The van der Waals surface area contributed by atoms with E-state index in [0.717, 1.165) is 18.9 Å². The van der Waals surface area contributed by atoms with Gasteiger partial charge in [0.25, 0.3) is 0 Å². The van der Waals surface area contributed by atoms with Crippen molar-refractivity contribution in [2.45, 2.75) is 51.7 Å². The third-order valence-corrected chi connectivity index (χ3v) is 4.81. The summed E-state index contributed by atoms with van der Waals surface area (Å²) in [4.78, 5) is 3.21. The van der Waals surface area contributed by atoms with Crippen molar-refractivity contribution < 1.29 is 31.4 Å². The van der Waals surface area contributed by atoms with Gasteiger partial charge in [-0.15, -0.1) is 0 Å². The number of aliphatic hydroxyl groups is 1. The second-order valence-electron chi connectivity index (χ2n) is 6.62. The van der Waals surface area contributed by atoms with Crippen LogP contribution in [-0.2, 0) is 12.4 Å². The number of rotatable bonds is 7. The van der Waals surface area contributed by atoms with E-state index in [9.17, 15) is 31.4 Å². The summed E-state index contributed by atoms with van der Waals surface area (Å²) in [5.41, 5.74) is -3.87. The predicted octanol–water partition coefficient (Wildman–Crippen LogP) is 5.68. The summed E-state index contributed by atoms with van der Waals surface area (Å²) in [7, 11) is 0. The van der Waals surface area contributed by atoms with Gasteiger partial charge in [-0.3, -0.25) is 5.32 Å². The zero-order valence-corrected chi connectivity index (χ0v) is 15.5. The molecule has 0 aliphatic rings. The standard InChI is InChI=1S/C19H22F6N2O/c1-3-11(4-2)8-9-26-17(28)13-10-15(19(23,24)25)27-16-12(13)6-5-7-14(16)18(20,21)22/h5-7,10-11,17,26,28H,3-4,8-9H2,1-2H3. The number of fused-ring (bicyclic) bond motifs is 1. The Morgan fingerprint density at radius 2 is 1.68 bits per heavy atom. The summed E-state index contributed by atoms with van der Waals surface area (Å²) in [5.74, 6) is 0.386. The second kappa shape index (κ2) is 8.65. The van der Waals surface area contributed by atoms with Gasteiger partial charge in [-0.2, -0.15) is 26.3 Å². The molecular formula is C19H22F6N2O. The Bertz CT molecular complexity index is 799. The van der Waals surface area contributed by atoms with Crippen LogP contribution in [0.3, 0.4) is 0 Å². The highest BCUT2D eigenvalue weighted by atomic mass is 19.4. The fraction of sp³-hybridized carbons (Fsp3) is 0.526. The molecule has 0 bridgehead atoms. The van der Waals surface area contributed by atoms with E-state index in [1.54, 1.807) is 0 Å². The molecule has 1 heterocycles. The zero-order chi connectivity index (χ0) is 21.1. The molecule has 0 radical (unpaired) electrons. The van der Waals surface area contributed by atoms with Crippen LogP contribution in [0.2, 0.25) is 0 Å². The highest BCUT2D eigenvalue weighted by molar-refractivity contribution is 5.86. The van der Waals surface area contributed by atoms with Gasteiger partial charge >= 0.3 is 12.4 Å². The van der Waals surface area contributed by atoms with Crippen molar-refractivity contribution in [3.05, 3.63) is 41.1 Å². The Balaban J connectivity index is 2.49. The smallest absolute Gasteiger partial charge is 0.374 e. The summed E-state index contributed by atoms with van der Waals surface area (Å²) >= 11 is 0.